The van der Waals surface area contributed by atoms with Crippen molar-refractivity contribution in [1.82, 2.24) is 0 Å². The van der Waals surface area contributed by atoms with Gasteiger partial charge in [-0.05, 0) is 29.6 Å². The molecule has 0 radical (unpaired) electrons. The Morgan fingerprint density at radius 1 is 1.29 bits per heavy atom. The standard InChI is InChI=1S/C13H21N/c1-11(2)13(4)7-5-12(3,6-8-13)9-10-14/h5,7,11H,6,8-9H2,1-4H3. The summed E-state index contributed by atoms with van der Waals surface area (Å²) in [4.78, 5) is 0. The Labute approximate surface area is 87.8 Å². The third-order valence-corrected chi connectivity index (χ3v) is 3.90. The van der Waals surface area contributed by atoms with Crippen LogP contribution in [0.4, 0.5) is 0 Å². The molecule has 2 unspecified atom stereocenters. The maximum atomic E-state index is 8.74. The average molecular weight is 191 g/mol. The highest BCUT2D eigenvalue weighted by molar-refractivity contribution is 5.12. The van der Waals surface area contributed by atoms with Gasteiger partial charge in [-0.25, -0.2) is 0 Å². The van der Waals surface area contributed by atoms with E-state index in [0.29, 0.717) is 17.8 Å². The number of nitrogens with zero attached hydrogens (tertiary/aromatic N) is 1. The Morgan fingerprint density at radius 3 is 2.29 bits per heavy atom. The zero-order valence-electron chi connectivity index (χ0n) is 9.80. The number of allylic oxidation sites excluding steroid dienone is 2. The first-order valence-corrected chi connectivity index (χ1v) is 5.49. The summed E-state index contributed by atoms with van der Waals surface area (Å²) in [5.74, 6) is 0.686. The first kappa shape index (κ1) is 11.3. The van der Waals surface area contributed by atoms with Crippen LogP contribution in [0.2, 0.25) is 0 Å². The molecule has 0 aromatic rings. The summed E-state index contributed by atoms with van der Waals surface area (Å²) in [5.41, 5.74) is 0.470. The van der Waals surface area contributed by atoms with Crippen molar-refractivity contribution in [3.05, 3.63) is 12.2 Å². The second kappa shape index (κ2) is 3.77. The van der Waals surface area contributed by atoms with Gasteiger partial charge in [0.25, 0.3) is 0 Å². The SMILES string of the molecule is CC(C)C1(C)C=CC(C)(CC#N)CC1. The lowest BCUT2D eigenvalue weighted by molar-refractivity contribution is 0.206. The Morgan fingerprint density at radius 2 is 1.93 bits per heavy atom. The van der Waals surface area contributed by atoms with Crippen molar-refractivity contribution in [2.75, 3.05) is 0 Å². The molecule has 0 N–H and O–H groups in total. The Hall–Kier alpha value is -0.770. The molecular weight excluding hydrogens is 170 g/mol. The normalized spacial score (nSPS) is 37.1. The highest BCUT2D eigenvalue weighted by Crippen LogP contribution is 2.44. The lowest BCUT2D eigenvalue weighted by Crippen LogP contribution is -2.29. The molecule has 0 fully saturated rings. The number of hydrogen-bond donors (Lipinski definition) is 0. The molecule has 1 aliphatic rings. The fraction of sp³-hybridized carbons (Fsp3) is 0.769. The van der Waals surface area contributed by atoms with Crippen molar-refractivity contribution >= 4 is 0 Å². The zero-order valence-corrected chi connectivity index (χ0v) is 9.80. The third kappa shape index (κ3) is 2.18. The van der Waals surface area contributed by atoms with Crippen LogP contribution in [0.5, 0.6) is 0 Å². The van der Waals surface area contributed by atoms with Crippen LogP contribution >= 0.6 is 0 Å². The molecular formula is C13H21N. The molecule has 2 atom stereocenters. The van der Waals surface area contributed by atoms with E-state index in [9.17, 15) is 0 Å². The lowest BCUT2D eigenvalue weighted by Gasteiger charge is -2.39. The predicted molar refractivity (Wildman–Crippen MR) is 59.7 cm³/mol. The zero-order chi connectivity index (χ0) is 10.8. The van der Waals surface area contributed by atoms with E-state index in [1.165, 1.54) is 6.42 Å². The van der Waals surface area contributed by atoms with Gasteiger partial charge < -0.3 is 0 Å². The van der Waals surface area contributed by atoms with Gasteiger partial charge in [-0.3, -0.25) is 0 Å². The molecule has 1 rings (SSSR count). The monoisotopic (exact) mass is 191 g/mol. The summed E-state index contributed by atoms with van der Waals surface area (Å²) in [6, 6.07) is 2.28. The smallest absolute Gasteiger partial charge is 0.0630 e. The largest absolute Gasteiger partial charge is 0.198 e. The van der Waals surface area contributed by atoms with Crippen LogP contribution in [0.25, 0.3) is 0 Å². The highest BCUT2D eigenvalue weighted by Gasteiger charge is 2.34. The molecule has 0 aromatic heterocycles. The van der Waals surface area contributed by atoms with Crippen molar-refractivity contribution < 1.29 is 0 Å². The molecule has 0 amide bonds. The summed E-state index contributed by atoms with van der Waals surface area (Å²) in [7, 11) is 0. The van der Waals surface area contributed by atoms with E-state index in [0.717, 1.165) is 6.42 Å². The molecule has 0 saturated heterocycles. The average Bonchev–Trinajstić information content (AvgIpc) is 2.11. The van der Waals surface area contributed by atoms with Crippen LogP contribution in [-0.4, -0.2) is 0 Å². The summed E-state index contributed by atoms with van der Waals surface area (Å²) >= 11 is 0. The minimum absolute atomic E-state index is 0.128. The van der Waals surface area contributed by atoms with E-state index < -0.39 is 0 Å². The molecule has 0 aromatic carbocycles. The maximum absolute atomic E-state index is 8.74. The summed E-state index contributed by atoms with van der Waals surface area (Å²) in [6.45, 7) is 9.06. The van der Waals surface area contributed by atoms with Crippen molar-refractivity contribution in [2.24, 2.45) is 16.7 Å². The van der Waals surface area contributed by atoms with Gasteiger partial charge in [-0.2, -0.15) is 5.26 Å². The van der Waals surface area contributed by atoms with Crippen molar-refractivity contribution in [1.29, 1.82) is 5.26 Å². The summed E-state index contributed by atoms with van der Waals surface area (Å²) < 4.78 is 0. The van der Waals surface area contributed by atoms with Crippen LogP contribution in [0.15, 0.2) is 12.2 Å². The van der Waals surface area contributed by atoms with E-state index in [4.69, 9.17) is 5.26 Å². The van der Waals surface area contributed by atoms with Crippen molar-refractivity contribution in [3.63, 3.8) is 0 Å². The predicted octanol–water partition coefficient (Wildman–Crippen LogP) is 3.92. The number of nitriles is 1. The molecule has 1 heteroatoms. The van der Waals surface area contributed by atoms with Gasteiger partial charge in [0, 0.05) is 6.42 Å². The number of rotatable bonds is 2. The minimum atomic E-state index is 0.128. The topological polar surface area (TPSA) is 23.8 Å². The van der Waals surface area contributed by atoms with E-state index in [2.05, 4.69) is 45.9 Å². The van der Waals surface area contributed by atoms with E-state index in [1.54, 1.807) is 0 Å². The molecule has 14 heavy (non-hydrogen) atoms. The van der Waals surface area contributed by atoms with Crippen LogP contribution in [0.3, 0.4) is 0 Å². The van der Waals surface area contributed by atoms with E-state index >= 15 is 0 Å². The molecule has 0 bridgehead atoms. The second-order valence-electron chi connectivity index (χ2n) is 5.48. The van der Waals surface area contributed by atoms with Crippen LogP contribution in [0, 0.1) is 28.1 Å². The number of hydrogen-bond acceptors (Lipinski definition) is 1. The van der Waals surface area contributed by atoms with Gasteiger partial charge in [-0.15, -0.1) is 0 Å². The quantitative estimate of drug-likeness (QED) is 0.607. The molecule has 0 heterocycles. The maximum Gasteiger partial charge on any atom is 0.0630 e. The van der Waals surface area contributed by atoms with E-state index in [1.807, 2.05) is 0 Å². The van der Waals surface area contributed by atoms with Crippen molar-refractivity contribution in [2.45, 2.75) is 47.0 Å². The minimum Gasteiger partial charge on any atom is -0.198 e. The fourth-order valence-electron chi connectivity index (χ4n) is 1.92. The van der Waals surface area contributed by atoms with Gasteiger partial charge >= 0.3 is 0 Å². The molecule has 1 aliphatic carbocycles. The molecule has 78 valence electrons. The van der Waals surface area contributed by atoms with Crippen LogP contribution in [0.1, 0.15) is 47.0 Å². The van der Waals surface area contributed by atoms with Gasteiger partial charge in [0.15, 0.2) is 0 Å². The van der Waals surface area contributed by atoms with Crippen LogP contribution in [-0.2, 0) is 0 Å². The molecule has 0 saturated carbocycles. The first-order valence-electron chi connectivity index (χ1n) is 5.49. The molecule has 0 spiro atoms. The van der Waals surface area contributed by atoms with Crippen LogP contribution < -0.4 is 0 Å². The summed E-state index contributed by atoms with van der Waals surface area (Å²) in [5, 5.41) is 8.74. The van der Waals surface area contributed by atoms with Crippen molar-refractivity contribution in [3.8, 4) is 6.07 Å². The Bertz CT molecular complexity index is 271. The molecule has 1 nitrogen and oxygen atoms in total. The first-order chi connectivity index (χ1) is 6.42. The van der Waals surface area contributed by atoms with Gasteiger partial charge in [-0.1, -0.05) is 39.8 Å². The second-order valence-corrected chi connectivity index (χ2v) is 5.48. The van der Waals surface area contributed by atoms with Gasteiger partial charge in [0.2, 0.25) is 0 Å². The Kier molecular flexibility index (Phi) is 3.04. The van der Waals surface area contributed by atoms with E-state index in [-0.39, 0.29) is 5.41 Å². The third-order valence-electron chi connectivity index (χ3n) is 3.90. The lowest BCUT2D eigenvalue weighted by atomic mass is 9.65. The summed E-state index contributed by atoms with van der Waals surface area (Å²) in [6.07, 6.45) is 7.60. The van der Waals surface area contributed by atoms with Gasteiger partial charge in [0.05, 0.1) is 6.07 Å². The van der Waals surface area contributed by atoms with Gasteiger partial charge in [0.1, 0.15) is 0 Å². The highest BCUT2D eigenvalue weighted by atomic mass is 14.4. The Balaban J connectivity index is 2.78. The molecule has 0 aliphatic heterocycles. The fourth-order valence-corrected chi connectivity index (χ4v) is 1.92.